The predicted octanol–water partition coefficient (Wildman–Crippen LogP) is 2.45. The molecule has 0 atom stereocenters. The molecular formula is C13H15ClN2O3S. The van der Waals surface area contributed by atoms with Gasteiger partial charge in [0.05, 0.1) is 12.3 Å². The molecule has 1 heterocycles. The molecule has 0 radical (unpaired) electrons. The molecular weight excluding hydrogens is 300 g/mol. The molecule has 0 unspecified atom stereocenters. The second kappa shape index (κ2) is 5.87. The van der Waals surface area contributed by atoms with Crippen molar-refractivity contribution in [2.24, 2.45) is 0 Å². The molecule has 0 aliphatic heterocycles. The quantitative estimate of drug-likeness (QED) is 0.890. The van der Waals surface area contributed by atoms with Crippen LogP contribution >= 0.6 is 11.6 Å². The molecule has 0 saturated carbocycles. The minimum absolute atomic E-state index is 0.114. The molecule has 0 amide bonds. The number of aromatic nitrogens is 1. The zero-order valence-corrected chi connectivity index (χ0v) is 12.4. The van der Waals surface area contributed by atoms with Gasteiger partial charge in [0.2, 0.25) is 0 Å². The number of anilines is 1. The van der Waals surface area contributed by atoms with E-state index in [1.807, 2.05) is 6.92 Å². The summed E-state index contributed by atoms with van der Waals surface area (Å²) in [5.74, 6) is 0. The van der Waals surface area contributed by atoms with Gasteiger partial charge in [0, 0.05) is 23.5 Å². The molecule has 0 fully saturated rings. The highest BCUT2D eigenvalue weighted by Crippen LogP contribution is 2.21. The number of aliphatic hydroxyl groups is 1. The smallest absolute Gasteiger partial charge is 0.263 e. The molecule has 0 aliphatic carbocycles. The lowest BCUT2D eigenvalue weighted by molar-refractivity contribution is 0.271. The number of hydrogen-bond acceptors (Lipinski definition) is 3. The van der Waals surface area contributed by atoms with Gasteiger partial charge in [-0.3, -0.25) is 4.72 Å². The van der Waals surface area contributed by atoms with Crippen LogP contribution in [0.2, 0.25) is 5.02 Å². The topological polar surface area (TPSA) is 71.3 Å². The Morgan fingerprint density at radius 2 is 2.10 bits per heavy atom. The lowest BCUT2D eigenvalue weighted by Gasteiger charge is -2.06. The second-order valence-electron chi connectivity index (χ2n) is 4.23. The number of aryl methyl sites for hydroxylation is 1. The van der Waals surface area contributed by atoms with Gasteiger partial charge >= 0.3 is 0 Å². The summed E-state index contributed by atoms with van der Waals surface area (Å²) in [6, 6.07) is 7.93. The van der Waals surface area contributed by atoms with Crippen LogP contribution in [0, 0.1) is 0 Å². The number of rotatable bonds is 5. The summed E-state index contributed by atoms with van der Waals surface area (Å²) < 4.78 is 28.7. The highest BCUT2D eigenvalue weighted by atomic mass is 35.5. The Kier molecular flexibility index (Phi) is 4.37. The fourth-order valence-corrected chi connectivity index (χ4v) is 3.17. The molecule has 7 heteroatoms. The zero-order chi connectivity index (χ0) is 14.8. The summed E-state index contributed by atoms with van der Waals surface area (Å²) in [5, 5.41) is 9.65. The maximum Gasteiger partial charge on any atom is 0.263 e. The maximum absolute atomic E-state index is 12.3. The molecule has 1 aromatic heterocycles. The van der Waals surface area contributed by atoms with Crippen LogP contribution < -0.4 is 4.72 Å². The highest BCUT2D eigenvalue weighted by Gasteiger charge is 2.18. The Balaban J connectivity index is 2.33. The van der Waals surface area contributed by atoms with Gasteiger partial charge in [-0.15, -0.1) is 0 Å². The third-order valence-electron chi connectivity index (χ3n) is 2.85. The van der Waals surface area contributed by atoms with Gasteiger partial charge in [0.15, 0.2) is 0 Å². The van der Waals surface area contributed by atoms with Crippen molar-refractivity contribution in [1.29, 1.82) is 0 Å². The highest BCUT2D eigenvalue weighted by molar-refractivity contribution is 7.92. The summed E-state index contributed by atoms with van der Waals surface area (Å²) in [5.41, 5.74) is 0.950. The second-order valence-corrected chi connectivity index (χ2v) is 6.35. The molecule has 2 aromatic rings. The fourth-order valence-electron chi connectivity index (χ4n) is 1.86. The van der Waals surface area contributed by atoms with Crippen LogP contribution in [-0.2, 0) is 23.2 Å². The molecule has 1 aromatic carbocycles. The fraction of sp³-hybridized carbons (Fsp3) is 0.231. The van der Waals surface area contributed by atoms with Gasteiger partial charge in [0.1, 0.15) is 4.90 Å². The van der Waals surface area contributed by atoms with Crippen molar-refractivity contribution in [2.75, 3.05) is 4.72 Å². The molecule has 5 nitrogen and oxygen atoms in total. The average molecular weight is 315 g/mol. The van der Waals surface area contributed by atoms with E-state index in [2.05, 4.69) is 4.72 Å². The van der Waals surface area contributed by atoms with E-state index in [0.717, 1.165) is 0 Å². The van der Waals surface area contributed by atoms with E-state index in [9.17, 15) is 13.5 Å². The average Bonchev–Trinajstić information content (AvgIpc) is 2.82. The summed E-state index contributed by atoms with van der Waals surface area (Å²) >= 11 is 5.82. The molecule has 2 rings (SSSR count). The standard InChI is InChI=1S/C13H15ClN2O3S/c1-2-16-8-13(7-12(16)9-17)20(18,19)15-11-5-3-4-10(14)6-11/h3-8,15,17H,2,9H2,1H3. The molecule has 108 valence electrons. The first-order chi connectivity index (χ1) is 9.46. The third kappa shape index (κ3) is 3.15. The number of nitrogens with zero attached hydrogens (tertiary/aromatic N) is 1. The van der Waals surface area contributed by atoms with Crippen LogP contribution in [0.25, 0.3) is 0 Å². The molecule has 0 spiro atoms. The Bertz CT molecular complexity index is 689. The van der Waals surface area contributed by atoms with Gasteiger partial charge in [-0.2, -0.15) is 0 Å². The van der Waals surface area contributed by atoms with Gasteiger partial charge in [-0.25, -0.2) is 8.42 Å². The van der Waals surface area contributed by atoms with Crippen molar-refractivity contribution in [3.63, 3.8) is 0 Å². The summed E-state index contributed by atoms with van der Waals surface area (Å²) in [6.07, 6.45) is 1.50. The molecule has 2 N–H and O–H groups in total. The van der Waals surface area contributed by atoms with Gasteiger partial charge < -0.3 is 9.67 Å². The maximum atomic E-state index is 12.3. The van der Waals surface area contributed by atoms with Crippen LogP contribution in [0.4, 0.5) is 5.69 Å². The first kappa shape index (κ1) is 14.9. The van der Waals surface area contributed by atoms with E-state index >= 15 is 0 Å². The molecule has 0 bridgehead atoms. The molecule has 20 heavy (non-hydrogen) atoms. The van der Waals surface area contributed by atoms with E-state index in [1.165, 1.54) is 18.3 Å². The Labute approximate surface area is 122 Å². The first-order valence-corrected chi connectivity index (χ1v) is 7.90. The van der Waals surface area contributed by atoms with E-state index in [1.54, 1.807) is 22.8 Å². The minimum atomic E-state index is -3.69. The minimum Gasteiger partial charge on any atom is -0.390 e. The van der Waals surface area contributed by atoms with Crippen LogP contribution in [0.15, 0.2) is 41.4 Å². The van der Waals surface area contributed by atoms with E-state index < -0.39 is 10.0 Å². The number of nitrogens with one attached hydrogen (secondary N) is 1. The number of hydrogen-bond donors (Lipinski definition) is 2. The predicted molar refractivity (Wildman–Crippen MR) is 78.3 cm³/mol. The van der Waals surface area contributed by atoms with Gasteiger partial charge in [0.25, 0.3) is 10.0 Å². The molecule has 0 saturated heterocycles. The van der Waals surface area contributed by atoms with Crippen molar-refractivity contribution in [3.8, 4) is 0 Å². The molecule has 0 aliphatic rings. The summed E-state index contributed by atoms with van der Waals surface area (Å²) in [6.45, 7) is 2.25. The van der Waals surface area contributed by atoms with Crippen molar-refractivity contribution in [3.05, 3.63) is 47.2 Å². The SMILES string of the molecule is CCn1cc(S(=O)(=O)Nc2cccc(Cl)c2)cc1CO. The zero-order valence-electron chi connectivity index (χ0n) is 10.9. The first-order valence-electron chi connectivity index (χ1n) is 6.04. The van der Waals surface area contributed by atoms with Crippen molar-refractivity contribution in [1.82, 2.24) is 4.57 Å². The lowest BCUT2D eigenvalue weighted by Crippen LogP contribution is -2.12. The van der Waals surface area contributed by atoms with Crippen LogP contribution in [0.1, 0.15) is 12.6 Å². The van der Waals surface area contributed by atoms with Gasteiger partial charge in [-0.05, 0) is 31.2 Å². The Hall–Kier alpha value is -1.50. The van der Waals surface area contributed by atoms with Crippen LogP contribution in [0.3, 0.4) is 0 Å². The van der Waals surface area contributed by atoms with Crippen molar-refractivity contribution in [2.45, 2.75) is 25.0 Å². The number of halogens is 1. The summed E-state index contributed by atoms with van der Waals surface area (Å²) in [4.78, 5) is 0.114. The van der Waals surface area contributed by atoms with Crippen LogP contribution in [-0.4, -0.2) is 18.1 Å². The third-order valence-corrected chi connectivity index (χ3v) is 4.43. The number of benzene rings is 1. The Morgan fingerprint density at radius 1 is 1.35 bits per heavy atom. The largest absolute Gasteiger partial charge is 0.390 e. The van der Waals surface area contributed by atoms with Gasteiger partial charge in [-0.1, -0.05) is 17.7 Å². The number of aliphatic hydroxyl groups excluding tert-OH is 1. The van der Waals surface area contributed by atoms with Crippen molar-refractivity contribution < 1.29 is 13.5 Å². The lowest BCUT2D eigenvalue weighted by atomic mass is 10.3. The van der Waals surface area contributed by atoms with E-state index in [0.29, 0.717) is 22.9 Å². The van der Waals surface area contributed by atoms with Crippen molar-refractivity contribution >= 4 is 27.3 Å². The number of sulfonamides is 1. The monoisotopic (exact) mass is 314 g/mol. The Morgan fingerprint density at radius 3 is 2.65 bits per heavy atom. The normalized spacial score (nSPS) is 11.6. The summed E-state index contributed by atoms with van der Waals surface area (Å²) in [7, 11) is -3.69. The van der Waals surface area contributed by atoms with E-state index in [4.69, 9.17) is 11.6 Å². The van der Waals surface area contributed by atoms with E-state index in [-0.39, 0.29) is 11.5 Å². The van der Waals surface area contributed by atoms with Crippen LogP contribution in [0.5, 0.6) is 0 Å².